The van der Waals surface area contributed by atoms with Crippen molar-refractivity contribution in [3.63, 3.8) is 0 Å². The molecule has 7 nitrogen and oxygen atoms in total. The Bertz CT molecular complexity index is 617. The van der Waals surface area contributed by atoms with E-state index in [9.17, 15) is 9.90 Å². The molecule has 0 spiro atoms. The molecule has 130 valence electrons. The van der Waals surface area contributed by atoms with E-state index in [1.54, 1.807) is 0 Å². The molecule has 8 heteroatoms. The summed E-state index contributed by atoms with van der Waals surface area (Å²) in [5.74, 6) is 0.647. The fourth-order valence-electron chi connectivity index (χ4n) is 2.76. The maximum absolute atomic E-state index is 11.8. The Labute approximate surface area is 141 Å². The zero-order chi connectivity index (χ0) is 17.3. The standard InChI is InChI=1S/C16H22BNO6/c1-16(2,3)23-15(20)18-7-13-11-5-4-6-12-14(11)17(24-13)21-9-10(8-19)22-12/h4-6,10,13,19H,7-9H2,1-3H3,(H,18,20). The Balaban J connectivity index is 1.71. The number of ether oxygens (including phenoxy) is 2. The first-order chi connectivity index (χ1) is 11.4. The fourth-order valence-corrected chi connectivity index (χ4v) is 2.76. The minimum absolute atomic E-state index is 0.125. The van der Waals surface area contributed by atoms with Crippen molar-refractivity contribution in [1.82, 2.24) is 5.32 Å². The van der Waals surface area contributed by atoms with Gasteiger partial charge in [-0.2, -0.15) is 0 Å². The van der Waals surface area contributed by atoms with Gasteiger partial charge in [-0.1, -0.05) is 12.1 Å². The molecule has 0 bridgehead atoms. The highest BCUT2D eigenvalue weighted by Gasteiger charge is 2.42. The molecule has 24 heavy (non-hydrogen) atoms. The molecule has 2 N–H and O–H groups in total. The zero-order valence-electron chi connectivity index (χ0n) is 14.1. The zero-order valence-corrected chi connectivity index (χ0v) is 14.1. The largest absolute Gasteiger partial charge is 0.498 e. The quantitative estimate of drug-likeness (QED) is 0.793. The summed E-state index contributed by atoms with van der Waals surface area (Å²) in [5, 5.41) is 12.0. The average molecular weight is 335 g/mol. The Morgan fingerprint density at radius 2 is 2.25 bits per heavy atom. The van der Waals surface area contributed by atoms with E-state index in [2.05, 4.69) is 5.32 Å². The van der Waals surface area contributed by atoms with Crippen LogP contribution in [-0.4, -0.2) is 49.8 Å². The molecule has 1 amide bonds. The predicted molar refractivity (Wildman–Crippen MR) is 87.3 cm³/mol. The van der Waals surface area contributed by atoms with Crippen LogP contribution in [0.3, 0.4) is 0 Å². The van der Waals surface area contributed by atoms with Crippen LogP contribution in [-0.2, 0) is 14.0 Å². The Morgan fingerprint density at radius 1 is 1.46 bits per heavy atom. The van der Waals surface area contributed by atoms with Crippen LogP contribution in [0.1, 0.15) is 32.4 Å². The number of carbonyl (C=O) groups is 1. The number of rotatable bonds is 3. The van der Waals surface area contributed by atoms with Crippen LogP contribution in [0.2, 0.25) is 0 Å². The number of aliphatic hydroxyl groups excluding tert-OH is 1. The summed E-state index contributed by atoms with van der Waals surface area (Å²) in [6.07, 6.45) is -1.24. The first kappa shape index (κ1) is 17.1. The number of benzene rings is 1. The summed E-state index contributed by atoms with van der Waals surface area (Å²) < 4.78 is 22.6. The highest BCUT2D eigenvalue weighted by Crippen LogP contribution is 2.30. The number of hydrogen-bond acceptors (Lipinski definition) is 6. The van der Waals surface area contributed by atoms with Gasteiger partial charge in [0.1, 0.15) is 17.5 Å². The normalized spacial score (nSPS) is 22.4. The molecule has 2 heterocycles. The SMILES string of the molecule is CC(C)(C)OC(=O)NCC1OB2OCC(CO)Oc3cccc1c32. The average Bonchev–Trinajstić information content (AvgIpc) is 2.75. The maximum atomic E-state index is 11.8. The van der Waals surface area contributed by atoms with Gasteiger partial charge in [0, 0.05) is 12.0 Å². The molecular weight excluding hydrogens is 313 g/mol. The van der Waals surface area contributed by atoms with Crippen molar-refractivity contribution < 1.29 is 28.7 Å². The van der Waals surface area contributed by atoms with Crippen LogP contribution < -0.4 is 15.5 Å². The van der Waals surface area contributed by atoms with Crippen molar-refractivity contribution >= 4 is 18.7 Å². The second-order valence-electron chi connectivity index (χ2n) is 6.85. The molecule has 0 radical (unpaired) electrons. The highest BCUT2D eigenvalue weighted by atomic mass is 16.6. The second-order valence-corrected chi connectivity index (χ2v) is 6.85. The van der Waals surface area contributed by atoms with E-state index in [0.29, 0.717) is 5.75 Å². The molecule has 1 aromatic carbocycles. The molecule has 0 saturated carbocycles. The molecule has 0 saturated heterocycles. The molecule has 0 fully saturated rings. The van der Waals surface area contributed by atoms with E-state index in [4.69, 9.17) is 18.8 Å². The first-order valence-corrected chi connectivity index (χ1v) is 8.01. The van der Waals surface area contributed by atoms with Crippen LogP contribution >= 0.6 is 0 Å². The molecule has 2 aliphatic heterocycles. The van der Waals surface area contributed by atoms with E-state index < -0.39 is 24.9 Å². The lowest BCUT2D eigenvalue weighted by Crippen LogP contribution is -2.35. The van der Waals surface area contributed by atoms with Gasteiger partial charge in [-0.05, 0) is 32.4 Å². The molecule has 2 unspecified atom stereocenters. The minimum atomic E-state index is -0.557. The van der Waals surface area contributed by atoms with Gasteiger partial charge in [0.05, 0.1) is 19.3 Å². The number of hydrogen-bond donors (Lipinski definition) is 2. The van der Waals surface area contributed by atoms with Crippen molar-refractivity contribution in [3.05, 3.63) is 23.8 Å². The maximum Gasteiger partial charge on any atom is 0.498 e. The van der Waals surface area contributed by atoms with Gasteiger partial charge in [0.15, 0.2) is 0 Å². The lowest BCUT2D eigenvalue weighted by atomic mass is 9.78. The number of amides is 1. The lowest BCUT2D eigenvalue weighted by molar-refractivity contribution is 0.0473. The van der Waals surface area contributed by atoms with Crippen LogP contribution in [0.15, 0.2) is 18.2 Å². The highest BCUT2D eigenvalue weighted by molar-refractivity contribution is 6.64. The fraction of sp³-hybridized carbons (Fsp3) is 0.562. The Kier molecular flexibility index (Phi) is 4.71. The monoisotopic (exact) mass is 335 g/mol. The van der Waals surface area contributed by atoms with Crippen molar-refractivity contribution in [3.8, 4) is 5.75 Å². The van der Waals surface area contributed by atoms with Crippen LogP contribution in [0.4, 0.5) is 4.79 Å². The summed E-state index contributed by atoms with van der Waals surface area (Å²) in [6, 6.07) is 5.61. The Hall–Kier alpha value is -1.77. The van der Waals surface area contributed by atoms with Gasteiger partial charge in [0.25, 0.3) is 0 Å². The van der Waals surface area contributed by atoms with Crippen LogP contribution in [0.5, 0.6) is 5.75 Å². The third-order valence-corrected chi connectivity index (χ3v) is 3.73. The molecule has 1 aromatic rings. The summed E-state index contributed by atoms with van der Waals surface area (Å²) in [6.45, 7) is 5.82. The molecule has 2 aliphatic rings. The van der Waals surface area contributed by atoms with Crippen molar-refractivity contribution in [2.45, 2.75) is 38.6 Å². The number of alkyl carbamates (subject to hydrolysis) is 1. The van der Waals surface area contributed by atoms with E-state index >= 15 is 0 Å². The van der Waals surface area contributed by atoms with Gasteiger partial charge >= 0.3 is 13.2 Å². The first-order valence-electron chi connectivity index (χ1n) is 8.01. The van der Waals surface area contributed by atoms with Gasteiger partial charge in [-0.25, -0.2) is 4.79 Å². The van der Waals surface area contributed by atoms with Crippen molar-refractivity contribution in [2.24, 2.45) is 0 Å². The third kappa shape index (κ3) is 3.66. The molecular formula is C16H22BNO6. The number of carbonyl (C=O) groups excluding carboxylic acids is 1. The lowest BCUT2D eigenvalue weighted by Gasteiger charge is -2.21. The summed E-state index contributed by atoms with van der Waals surface area (Å²) >= 11 is 0. The van der Waals surface area contributed by atoms with Crippen LogP contribution in [0.25, 0.3) is 0 Å². The topological polar surface area (TPSA) is 86.3 Å². The third-order valence-electron chi connectivity index (χ3n) is 3.73. The van der Waals surface area contributed by atoms with Gasteiger partial charge in [-0.15, -0.1) is 0 Å². The van der Waals surface area contributed by atoms with Gasteiger partial charge in [0.2, 0.25) is 0 Å². The van der Waals surface area contributed by atoms with Crippen molar-refractivity contribution in [1.29, 1.82) is 0 Å². The molecule has 2 atom stereocenters. The summed E-state index contributed by atoms with van der Waals surface area (Å²) in [5.41, 5.74) is 1.18. The number of nitrogens with one attached hydrogen (secondary N) is 1. The van der Waals surface area contributed by atoms with E-state index in [1.165, 1.54) is 0 Å². The smallest absolute Gasteiger partial charge is 0.486 e. The second kappa shape index (κ2) is 6.62. The van der Waals surface area contributed by atoms with Gasteiger partial charge < -0.3 is 29.2 Å². The van der Waals surface area contributed by atoms with E-state index in [1.807, 2.05) is 39.0 Å². The molecule has 0 aromatic heterocycles. The predicted octanol–water partition coefficient (Wildman–Crippen LogP) is 0.748. The molecule has 3 rings (SSSR count). The minimum Gasteiger partial charge on any atom is -0.486 e. The van der Waals surface area contributed by atoms with Gasteiger partial charge in [-0.3, -0.25) is 0 Å². The molecule has 0 aliphatic carbocycles. The Morgan fingerprint density at radius 3 is 2.96 bits per heavy atom. The van der Waals surface area contributed by atoms with Crippen LogP contribution in [0, 0.1) is 0 Å². The summed E-state index contributed by atoms with van der Waals surface area (Å²) in [4.78, 5) is 11.8. The van der Waals surface area contributed by atoms with E-state index in [-0.39, 0.29) is 25.9 Å². The number of aliphatic hydroxyl groups is 1. The van der Waals surface area contributed by atoms with E-state index in [0.717, 1.165) is 11.0 Å². The summed E-state index contributed by atoms with van der Waals surface area (Å²) in [7, 11) is -0.557. The van der Waals surface area contributed by atoms with Crippen molar-refractivity contribution in [2.75, 3.05) is 19.8 Å².